The molecule has 0 unspecified atom stereocenters. The van der Waals surface area contributed by atoms with E-state index in [0.29, 0.717) is 0 Å². The molecular weight excluding hydrogens is 242 g/mol. The van der Waals surface area contributed by atoms with Crippen molar-refractivity contribution >= 4 is 17.0 Å². The first-order valence-corrected chi connectivity index (χ1v) is 7.00. The second-order valence-electron chi connectivity index (χ2n) is 5.35. The van der Waals surface area contributed by atoms with Crippen LogP contribution in [-0.4, -0.2) is 4.98 Å². The molecule has 1 aliphatic rings. The Labute approximate surface area is 118 Å². The number of benzene rings is 2. The Morgan fingerprint density at radius 1 is 0.900 bits per heavy atom. The molecule has 0 aliphatic heterocycles. The van der Waals surface area contributed by atoms with E-state index in [1.807, 2.05) is 12.3 Å². The third kappa shape index (κ3) is 1.92. The number of rotatable bonds is 2. The predicted octanol–water partition coefficient (Wildman–Crippen LogP) is 4.42. The Balaban J connectivity index is 1.70. The number of allylic oxidation sites excluding steroid dienone is 1. The highest BCUT2D eigenvalue weighted by Gasteiger charge is 2.13. The highest BCUT2D eigenvalue weighted by Crippen LogP contribution is 2.28. The van der Waals surface area contributed by atoms with Crippen molar-refractivity contribution in [2.24, 2.45) is 0 Å². The molecule has 1 nitrogen and oxygen atoms in total. The lowest BCUT2D eigenvalue weighted by atomic mass is 10.0. The minimum absolute atomic E-state index is 0.989. The summed E-state index contributed by atoms with van der Waals surface area (Å²) in [4.78, 5) is 4.55. The second-order valence-corrected chi connectivity index (χ2v) is 5.35. The third-order valence-electron chi connectivity index (χ3n) is 3.97. The fraction of sp³-hybridized carbons (Fsp3) is 0.105. The quantitative estimate of drug-likeness (QED) is 0.662. The van der Waals surface area contributed by atoms with Gasteiger partial charge in [-0.25, -0.2) is 0 Å². The molecule has 20 heavy (non-hydrogen) atoms. The van der Waals surface area contributed by atoms with Gasteiger partial charge in [-0.2, -0.15) is 0 Å². The molecule has 0 saturated carbocycles. The molecule has 0 fully saturated rings. The molecule has 0 atom stereocenters. The van der Waals surface area contributed by atoms with Gasteiger partial charge < -0.3 is 0 Å². The van der Waals surface area contributed by atoms with E-state index in [2.05, 4.69) is 59.6 Å². The molecule has 1 heterocycles. The lowest BCUT2D eigenvalue weighted by Gasteiger charge is -2.06. The molecule has 0 saturated heterocycles. The molecule has 0 spiro atoms. The number of aromatic nitrogens is 1. The van der Waals surface area contributed by atoms with Crippen molar-refractivity contribution in [3.05, 3.63) is 83.1 Å². The van der Waals surface area contributed by atoms with Gasteiger partial charge in [0, 0.05) is 11.6 Å². The summed E-state index contributed by atoms with van der Waals surface area (Å²) in [5.74, 6) is 0. The van der Waals surface area contributed by atoms with Gasteiger partial charge in [0.2, 0.25) is 0 Å². The average molecular weight is 257 g/mol. The minimum atomic E-state index is 0.989. The van der Waals surface area contributed by atoms with Gasteiger partial charge in [-0.15, -0.1) is 0 Å². The molecule has 0 amide bonds. The van der Waals surface area contributed by atoms with Crippen molar-refractivity contribution in [2.75, 3.05) is 0 Å². The molecule has 0 N–H and O–H groups in total. The Kier molecular flexibility index (Phi) is 2.63. The number of nitrogens with zero attached hydrogens (tertiary/aromatic N) is 1. The summed E-state index contributed by atoms with van der Waals surface area (Å²) in [5, 5.41) is 1.22. The highest BCUT2D eigenvalue weighted by molar-refractivity contribution is 5.82. The summed E-state index contributed by atoms with van der Waals surface area (Å²) in [5.41, 5.74) is 6.74. The van der Waals surface area contributed by atoms with Crippen LogP contribution >= 0.6 is 0 Å². The van der Waals surface area contributed by atoms with Crippen molar-refractivity contribution in [1.29, 1.82) is 0 Å². The number of pyridine rings is 1. The molecular formula is C19H15N. The van der Waals surface area contributed by atoms with Crippen molar-refractivity contribution in [1.82, 2.24) is 4.98 Å². The fourth-order valence-corrected chi connectivity index (χ4v) is 3.02. The van der Waals surface area contributed by atoms with Crippen LogP contribution in [0, 0.1) is 0 Å². The van der Waals surface area contributed by atoms with Gasteiger partial charge in [0.15, 0.2) is 0 Å². The maximum Gasteiger partial charge on any atom is 0.0737 e. The van der Waals surface area contributed by atoms with Crippen LogP contribution in [0.25, 0.3) is 17.0 Å². The lowest BCUT2D eigenvalue weighted by molar-refractivity contribution is 1.08. The van der Waals surface area contributed by atoms with E-state index >= 15 is 0 Å². The summed E-state index contributed by atoms with van der Waals surface area (Å²) >= 11 is 0. The van der Waals surface area contributed by atoms with E-state index < -0.39 is 0 Å². The van der Waals surface area contributed by atoms with Gasteiger partial charge in [0.25, 0.3) is 0 Å². The van der Waals surface area contributed by atoms with Crippen LogP contribution in [0.3, 0.4) is 0 Å². The summed E-state index contributed by atoms with van der Waals surface area (Å²) in [6.07, 6.45) is 6.27. The van der Waals surface area contributed by atoms with Gasteiger partial charge in [0.1, 0.15) is 0 Å². The summed E-state index contributed by atoms with van der Waals surface area (Å²) in [6, 6.07) is 19.2. The van der Waals surface area contributed by atoms with E-state index in [9.17, 15) is 0 Å². The summed E-state index contributed by atoms with van der Waals surface area (Å²) in [6.45, 7) is 0. The minimum Gasteiger partial charge on any atom is -0.256 e. The lowest BCUT2D eigenvalue weighted by Crippen LogP contribution is -1.93. The molecule has 0 bridgehead atoms. The second kappa shape index (κ2) is 4.61. The summed E-state index contributed by atoms with van der Waals surface area (Å²) in [7, 11) is 0. The van der Waals surface area contributed by atoms with Crippen molar-refractivity contribution in [2.45, 2.75) is 12.8 Å². The first-order valence-electron chi connectivity index (χ1n) is 7.00. The van der Waals surface area contributed by atoms with E-state index in [1.165, 1.54) is 27.6 Å². The molecule has 96 valence electrons. The SMILES string of the molecule is C1=C(Cc2cccc3cccnc23)Cc2ccccc21. The molecule has 0 radical (unpaired) electrons. The first-order chi connectivity index (χ1) is 9.90. The molecule has 1 aliphatic carbocycles. The average Bonchev–Trinajstić information content (AvgIpc) is 2.90. The monoisotopic (exact) mass is 257 g/mol. The number of fused-ring (bicyclic) bond motifs is 2. The molecule has 1 aromatic heterocycles. The zero-order valence-corrected chi connectivity index (χ0v) is 11.2. The fourth-order valence-electron chi connectivity index (χ4n) is 3.02. The van der Waals surface area contributed by atoms with Crippen molar-refractivity contribution < 1.29 is 0 Å². The maximum absolute atomic E-state index is 4.55. The van der Waals surface area contributed by atoms with Crippen LogP contribution in [0.15, 0.2) is 66.4 Å². The van der Waals surface area contributed by atoms with Crippen LogP contribution in [0.1, 0.15) is 16.7 Å². The van der Waals surface area contributed by atoms with E-state index in [1.54, 1.807) is 0 Å². The van der Waals surface area contributed by atoms with Crippen molar-refractivity contribution in [3.63, 3.8) is 0 Å². The molecule has 2 aromatic carbocycles. The Morgan fingerprint density at radius 2 is 1.80 bits per heavy atom. The number of para-hydroxylation sites is 1. The van der Waals surface area contributed by atoms with E-state index in [0.717, 1.165) is 18.4 Å². The molecule has 1 heteroatoms. The zero-order valence-electron chi connectivity index (χ0n) is 11.2. The van der Waals surface area contributed by atoms with Gasteiger partial charge in [-0.3, -0.25) is 4.98 Å². The largest absolute Gasteiger partial charge is 0.256 e. The van der Waals surface area contributed by atoms with Gasteiger partial charge in [-0.1, -0.05) is 60.2 Å². The highest BCUT2D eigenvalue weighted by atomic mass is 14.6. The van der Waals surface area contributed by atoms with Crippen LogP contribution in [-0.2, 0) is 12.8 Å². The Hall–Kier alpha value is -2.41. The molecule has 3 aromatic rings. The first kappa shape index (κ1) is 11.4. The Bertz CT molecular complexity index is 809. The normalized spacial score (nSPS) is 13.3. The predicted molar refractivity (Wildman–Crippen MR) is 83.6 cm³/mol. The maximum atomic E-state index is 4.55. The number of hydrogen-bond donors (Lipinski definition) is 0. The van der Waals surface area contributed by atoms with Gasteiger partial charge >= 0.3 is 0 Å². The van der Waals surface area contributed by atoms with Crippen LogP contribution in [0.4, 0.5) is 0 Å². The van der Waals surface area contributed by atoms with E-state index in [4.69, 9.17) is 0 Å². The smallest absolute Gasteiger partial charge is 0.0737 e. The standard InChI is InChI=1S/C19H15N/c1-2-6-17-12-14(11-16(17)5-1)13-18-8-3-7-15-9-4-10-20-19(15)18/h1-11H,12-13H2. The van der Waals surface area contributed by atoms with Crippen LogP contribution in [0.5, 0.6) is 0 Å². The van der Waals surface area contributed by atoms with E-state index in [-0.39, 0.29) is 0 Å². The van der Waals surface area contributed by atoms with Gasteiger partial charge in [0.05, 0.1) is 5.52 Å². The van der Waals surface area contributed by atoms with Crippen molar-refractivity contribution in [3.8, 4) is 0 Å². The summed E-state index contributed by atoms with van der Waals surface area (Å²) < 4.78 is 0. The molecule has 4 rings (SSSR count). The van der Waals surface area contributed by atoms with Crippen LogP contribution in [0.2, 0.25) is 0 Å². The topological polar surface area (TPSA) is 12.9 Å². The van der Waals surface area contributed by atoms with Gasteiger partial charge in [-0.05, 0) is 35.6 Å². The Morgan fingerprint density at radius 3 is 2.75 bits per heavy atom. The zero-order chi connectivity index (χ0) is 13.4. The van der Waals surface area contributed by atoms with Crippen LogP contribution < -0.4 is 0 Å². The third-order valence-corrected chi connectivity index (χ3v) is 3.97. The number of hydrogen-bond acceptors (Lipinski definition) is 1.